The van der Waals surface area contributed by atoms with Crippen molar-refractivity contribution in [1.29, 1.82) is 0 Å². The van der Waals surface area contributed by atoms with Crippen LogP contribution >= 0.6 is 0 Å². The Balaban J connectivity index is 2.05. The van der Waals surface area contributed by atoms with Gasteiger partial charge in [-0.2, -0.15) is 0 Å². The molecule has 16 heavy (non-hydrogen) atoms. The molecule has 2 rings (SSSR count). The Morgan fingerprint density at radius 1 is 1.19 bits per heavy atom. The first-order chi connectivity index (χ1) is 7.60. The van der Waals surface area contributed by atoms with E-state index in [-0.39, 0.29) is 18.6 Å². The highest BCUT2D eigenvalue weighted by Gasteiger charge is 2.31. The van der Waals surface area contributed by atoms with Crippen LogP contribution in [0.4, 0.5) is 13.2 Å². The first kappa shape index (κ1) is 11.3. The van der Waals surface area contributed by atoms with Gasteiger partial charge >= 0.3 is 0 Å². The molecule has 0 heterocycles. The van der Waals surface area contributed by atoms with Gasteiger partial charge in [-0.1, -0.05) is 0 Å². The summed E-state index contributed by atoms with van der Waals surface area (Å²) in [6.45, 7) is 0.0498. The van der Waals surface area contributed by atoms with Gasteiger partial charge in [-0.3, -0.25) is 0 Å². The number of rotatable bonds is 3. The third-order valence-electron chi connectivity index (χ3n) is 2.70. The Kier molecular flexibility index (Phi) is 3.05. The fraction of sp³-hybridized carbons (Fsp3) is 0.455. The highest BCUT2D eigenvalue weighted by atomic mass is 19.1. The van der Waals surface area contributed by atoms with Crippen LogP contribution in [0.15, 0.2) is 12.1 Å². The molecule has 0 bridgehead atoms. The molecule has 5 heteroatoms. The van der Waals surface area contributed by atoms with Crippen LogP contribution < -0.4 is 4.74 Å². The third-order valence-corrected chi connectivity index (χ3v) is 2.70. The molecule has 88 valence electrons. The summed E-state index contributed by atoms with van der Waals surface area (Å²) < 4.78 is 44.0. The van der Waals surface area contributed by atoms with Crippen molar-refractivity contribution >= 4 is 0 Å². The van der Waals surface area contributed by atoms with E-state index < -0.39 is 23.2 Å². The SMILES string of the molecule is OCC1CC(Oc2c(F)cc(F)cc2F)C1. The fourth-order valence-corrected chi connectivity index (χ4v) is 1.73. The van der Waals surface area contributed by atoms with Gasteiger partial charge in [0.05, 0.1) is 6.10 Å². The van der Waals surface area contributed by atoms with Crippen LogP contribution in [0.25, 0.3) is 0 Å². The average Bonchev–Trinajstić information content (AvgIpc) is 2.13. The number of aliphatic hydroxyl groups is 1. The lowest BCUT2D eigenvalue weighted by Gasteiger charge is -2.34. The van der Waals surface area contributed by atoms with Gasteiger partial charge in [0.1, 0.15) is 5.82 Å². The molecule has 1 aromatic carbocycles. The topological polar surface area (TPSA) is 29.5 Å². The highest BCUT2D eigenvalue weighted by Crippen LogP contribution is 2.33. The molecule has 0 saturated heterocycles. The van der Waals surface area contributed by atoms with Crippen molar-refractivity contribution < 1.29 is 23.0 Å². The monoisotopic (exact) mass is 232 g/mol. The van der Waals surface area contributed by atoms with Gasteiger partial charge in [0.25, 0.3) is 0 Å². The molecule has 1 aliphatic carbocycles. The van der Waals surface area contributed by atoms with Crippen LogP contribution in [-0.2, 0) is 0 Å². The maximum Gasteiger partial charge on any atom is 0.191 e. The standard InChI is InChI=1S/C11H11F3O2/c12-7-3-9(13)11(10(14)4-7)16-8-1-6(2-8)5-15/h3-4,6,8,15H,1-2,5H2. The molecular formula is C11H11F3O2. The minimum absolute atomic E-state index is 0.0498. The van der Waals surface area contributed by atoms with Crippen LogP contribution in [0.1, 0.15) is 12.8 Å². The lowest BCUT2D eigenvalue weighted by atomic mass is 9.83. The van der Waals surface area contributed by atoms with E-state index in [2.05, 4.69) is 0 Å². The molecule has 1 aliphatic rings. The van der Waals surface area contributed by atoms with E-state index in [1.165, 1.54) is 0 Å². The van der Waals surface area contributed by atoms with Crippen LogP contribution in [0, 0.1) is 23.4 Å². The molecule has 0 amide bonds. The first-order valence-corrected chi connectivity index (χ1v) is 5.02. The van der Waals surface area contributed by atoms with E-state index in [4.69, 9.17) is 9.84 Å². The summed E-state index contributed by atoms with van der Waals surface area (Å²) in [5.41, 5.74) is 0. The second kappa shape index (κ2) is 4.33. The van der Waals surface area contributed by atoms with Crippen molar-refractivity contribution in [3.05, 3.63) is 29.6 Å². The van der Waals surface area contributed by atoms with Gasteiger partial charge in [-0.05, 0) is 18.8 Å². The quantitative estimate of drug-likeness (QED) is 0.866. The molecule has 0 aliphatic heterocycles. The molecule has 1 N–H and O–H groups in total. The van der Waals surface area contributed by atoms with Crippen molar-refractivity contribution in [2.45, 2.75) is 18.9 Å². The summed E-state index contributed by atoms with van der Waals surface area (Å²) in [5, 5.41) is 8.76. The predicted molar refractivity (Wildman–Crippen MR) is 50.5 cm³/mol. The molecule has 0 radical (unpaired) electrons. The normalized spacial score (nSPS) is 24.0. The molecule has 1 aromatic rings. The lowest BCUT2D eigenvalue weighted by molar-refractivity contribution is 0.0273. The summed E-state index contributed by atoms with van der Waals surface area (Å²) in [4.78, 5) is 0. The van der Waals surface area contributed by atoms with Crippen LogP contribution in [0.3, 0.4) is 0 Å². The molecule has 2 nitrogen and oxygen atoms in total. The van der Waals surface area contributed by atoms with E-state index in [0.29, 0.717) is 25.0 Å². The Morgan fingerprint density at radius 3 is 2.25 bits per heavy atom. The van der Waals surface area contributed by atoms with Crippen molar-refractivity contribution in [2.75, 3.05) is 6.61 Å². The smallest absolute Gasteiger partial charge is 0.191 e. The molecule has 0 spiro atoms. The number of ether oxygens (including phenoxy) is 1. The fourth-order valence-electron chi connectivity index (χ4n) is 1.73. The van der Waals surface area contributed by atoms with Gasteiger partial charge in [0, 0.05) is 18.7 Å². The maximum absolute atomic E-state index is 13.2. The summed E-state index contributed by atoms with van der Waals surface area (Å²) in [7, 11) is 0. The molecule has 1 fully saturated rings. The minimum Gasteiger partial charge on any atom is -0.484 e. The number of hydrogen-bond acceptors (Lipinski definition) is 2. The zero-order valence-corrected chi connectivity index (χ0v) is 8.42. The van der Waals surface area contributed by atoms with Crippen molar-refractivity contribution in [2.24, 2.45) is 5.92 Å². The molecule has 0 unspecified atom stereocenters. The summed E-state index contributed by atoms with van der Waals surface area (Å²) in [6.07, 6.45) is 0.825. The molecule has 0 atom stereocenters. The summed E-state index contributed by atoms with van der Waals surface area (Å²) >= 11 is 0. The predicted octanol–water partition coefficient (Wildman–Crippen LogP) is 2.25. The molecule has 1 saturated carbocycles. The van der Waals surface area contributed by atoms with Crippen molar-refractivity contribution in [3.63, 3.8) is 0 Å². The zero-order valence-electron chi connectivity index (χ0n) is 8.42. The lowest BCUT2D eigenvalue weighted by Crippen LogP contribution is -2.36. The Hall–Kier alpha value is -1.23. The maximum atomic E-state index is 13.2. The van der Waals surface area contributed by atoms with Crippen LogP contribution in [0.5, 0.6) is 5.75 Å². The van der Waals surface area contributed by atoms with Gasteiger partial charge in [0.2, 0.25) is 0 Å². The molecular weight excluding hydrogens is 221 g/mol. The zero-order chi connectivity index (χ0) is 11.7. The summed E-state index contributed by atoms with van der Waals surface area (Å²) in [6, 6.07) is 1.17. The van der Waals surface area contributed by atoms with E-state index in [1.807, 2.05) is 0 Å². The Morgan fingerprint density at radius 2 is 1.75 bits per heavy atom. The van der Waals surface area contributed by atoms with E-state index in [1.54, 1.807) is 0 Å². The van der Waals surface area contributed by atoms with Crippen molar-refractivity contribution in [3.8, 4) is 5.75 Å². The van der Waals surface area contributed by atoms with Crippen molar-refractivity contribution in [1.82, 2.24) is 0 Å². The number of aliphatic hydroxyl groups excluding tert-OH is 1. The van der Waals surface area contributed by atoms with Crippen LogP contribution in [-0.4, -0.2) is 17.8 Å². The van der Waals surface area contributed by atoms with E-state index in [0.717, 1.165) is 0 Å². The summed E-state index contributed by atoms with van der Waals surface area (Å²) in [5.74, 6) is -3.45. The number of benzene rings is 1. The van der Waals surface area contributed by atoms with Gasteiger partial charge in [0.15, 0.2) is 17.4 Å². The van der Waals surface area contributed by atoms with Gasteiger partial charge in [-0.15, -0.1) is 0 Å². The highest BCUT2D eigenvalue weighted by molar-refractivity contribution is 5.27. The van der Waals surface area contributed by atoms with E-state index in [9.17, 15) is 13.2 Å². The number of hydrogen-bond donors (Lipinski definition) is 1. The average molecular weight is 232 g/mol. The van der Waals surface area contributed by atoms with E-state index >= 15 is 0 Å². The minimum atomic E-state index is -1.04. The second-order valence-electron chi connectivity index (χ2n) is 3.96. The Bertz CT molecular complexity index is 366. The largest absolute Gasteiger partial charge is 0.484 e. The van der Waals surface area contributed by atoms with Gasteiger partial charge in [-0.25, -0.2) is 13.2 Å². The number of halogens is 3. The second-order valence-corrected chi connectivity index (χ2v) is 3.96. The van der Waals surface area contributed by atoms with Crippen LogP contribution in [0.2, 0.25) is 0 Å². The Labute approximate surface area is 90.7 Å². The molecule has 0 aromatic heterocycles. The van der Waals surface area contributed by atoms with Gasteiger partial charge < -0.3 is 9.84 Å². The first-order valence-electron chi connectivity index (χ1n) is 5.02. The third kappa shape index (κ3) is 2.14.